The van der Waals surface area contributed by atoms with Crippen molar-refractivity contribution in [1.82, 2.24) is 34.3 Å². The van der Waals surface area contributed by atoms with Gasteiger partial charge in [-0.3, -0.25) is 19.0 Å². The number of pyridine rings is 1. The summed E-state index contributed by atoms with van der Waals surface area (Å²) in [4.78, 5) is 66.1. The van der Waals surface area contributed by atoms with Crippen molar-refractivity contribution in [3.05, 3.63) is 64.2 Å². The first-order valence-electron chi connectivity index (χ1n) is 15.0. The number of Topliss-reactive ketones (excluding diaryl/α,β-unsaturated/α-hetero) is 1. The van der Waals surface area contributed by atoms with Crippen LogP contribution in [0.2, 0.25) is 0 Å². The van der Waals surface area contributed by atoms with Crippen LogP contribution in [0.25, 0.3) is 11.2 Å². The number of likely N-dealkylation sites (N-methyl/N-ethyl adjacent to an activating group) is 1. The van der Waals surface area contributed by atoms with Gasteiger partial charge in [0, 0.05) is 38.9 Å². The number of hydrogen-bond acceptors (Lipinski definition) is 9. The fourth-order valence-electron chi connectivity index (χ4n) is 5.18. The number of amides is 2. The molecule has 3 aromatic rings. The smallest absolute Gasteiger partial charge is 0.407 e. The average Bonchev–Trinajstić information content (AvgIpc) is 3.39. The van der Waals surface area contributed by atoms with E-state index in [0.717, 1.165) is 37.8 Å². The first-order chi connectivity index (χ1) is 21.2. The Balaban J connectivity index is 1.59. The maximum absolute atomic E-state index is 13.6. The van der Waals surface area contributed by atoms with Gasteiger partial charge in [-0.05, 0) is 50.7 Å². The summed E-state index contributed by atoms with van der Waals surface area (Å²) in [6.45, 7) is 2.87. The zero-order valence-corrected chi connectivity index (χ0v) is 25.8. The normalized spacial score (nSPS) is 15.8. The number of hydrogen-bond donors (Lipinski definition) is 1. The minimum Gasteiger partial charge on any atom is -0.453 e. The molecule has 1 aliphatic rings. The Morgan fingerprint density at radius 3 is 2.77 bits per heavy atom. The number of alkyl carbamates (subject to hydrolysis) is 1. The highest BCUT2D eigenvalue weighted by atomic mass is 16.5. The average molecular weight is 608 g/mol. The van der Waals surface area contributed by atoms with Gasteiger partial charge < -0.3 is 24.3 Å². The topological polar surface area (TPSA) is 151 Å². The number of allylic oxidation sites excluding steroid dienone is 1. The van der Waals surface area contributed by atoms with Crippen molar-refractivity contribution >= 4 is 28.9 Å². The van der Waals surface area contributed by atoms with Crippen molar-refractivity contribution in [2.45, 2.75) is 77.1 Å². The predicted molar refractivity (Wildman–Crippen MR) is 163 cm³/mol. The van der Waals surface area contributed by atoms with Crippen molar-refractivity contribution < 1.29 is 23.9 Å². The van der Waals surface area contributed by atoms with Gasteiger partial charge in [0.25, 0.3) is 5.56 Å². The molecular formula is C31H41N7O6. The summed E-state index contributed by atoms with van der Waals surface area (Å²) in [6, 6.07) is 2.42. The van der Waals surface area contributed by atoms with E-state index in [1.54, 1.807) is 44.8 Å². The molecule has 4 heterocycles. The van der Waals surface area contributed by atoms with Crippen molar-refractivity contribution in [2.24, 2.45) is 0 Å². The van der Waals surface area contributed by atoms with Crippen LogP contribution in [0.4, 0.5) is 4.79 Å². The molecule has 3 aromatic heterocycles. The summed E-state index contributed by atoms with van der Waals surface area (Å²) in [7, 11) is 4.49. The molecule has 236 valence electrons. The van der Waals surface area contributed by atoms with Crippen LogP contribution in [0.3, 0.4) is 0 Å². The van der Waals surface area contributed by atoms with Crippen LogP contribution in [0.5, 0.6) is 0 Å². The van der Waals surface area contributed by atoms with Crippen molar-refractivity contribution in [3.8, 4) is 0 Å². The first-order valence-corrected chi connectivity index (χ1v) is 15.0. The molecule has 0 saturated carbocycles. The Morgan fingerprint density at radius 2 is 2.07 bits per heavy atom. The Bertz CT molecular complexity index is 1550. The molecule has 13 heteroatoms. The van der Waals surface area contributed by atoms with Crippen LogP contribution in [0, 0.1) is 0 Å². The lowest BCUT2D eigenvalue weighted by Crippen LogP contribution is -2.42. The highest BCUT2D eigenvalue weighted by Gasteiger charge is 2.26. The minimum atomic E-state index is -0.905. The van der Waals surface area contributed by atoms with Gasteiger partial charge in [0.2, 0.25) is 5.91 Å². The highest BCUT2D eigenvalue weighted by molar-refractivity contribution is 5.89. The molecule has 1 N–H and O–H groups in total. The third kappa shape index (κ3) is 7.95. The van der Waals surface area contributed by atoms with Crippen LogP contribution in [0.15, 0.2) is 41.6 Å². The van der Waals surface area contributed by atoms with E-state index < -0.39 is 12.1 Å². The van der Waals surface area contributed by atoms with E-state index in [0.29, 0.717) is 30.0 Å². The van der Waals surface area contributed by atoms with Crippen LogP contribution in [0.1, 0.15) is 68.8 Å². The SMILES string of the molecule is CCCc1ncnc2c1nc(Cn1cccc(CC(=O)[C@H](CC/C=C/C(=O)N(C)C)NC(=O)OC)c1=O)n2C1CCCCO1. The minimum absolute atomic E-state index is 0.150. The molecule has 4 rings (SSSR count). The maximum atomic E-state index is 13.6. The largest absolute Gasteiger partial charge is 0.453 e. The molecule has 0 spiro atoms. The predicted octanol–water partition coefficient (Wildman–Crippen LogP) is 2.95. The van der Waals surface area contributed by atoms with Gasteiger partial charge in [-0.25, -0.2) is 19.7 Å². The number of nitrogens with zero attached hydrogens (tertiary/aromatic N) is 6. The summed E-state index contributed by atoms with van der Waals surface area (Å²) in [6.07, 6.45) is 10.1. The molecule has 1 aliphatic heterocycles. The monoisotopic (exact) mass is 607 g/mol. The van der Waals surface area contributed by atoms with Gasteiger partial charge >= 0.3 is 6.09 Å². The van der Waals surface area contributed by atoms with Crippen LogP contribution >= 0.6 is 0 Å². The van der Waals surface area contributed by atoms with Crippen molar-refractivity contribution in [2.75, 3.05) is 27.8 Å². The number of carbonyl (C=O) groups excluding carboxylic acids is 3. The second-order valence-corrected chi connectivity index (χ2v) is 11.0. The number of ketones is 1. The fraction of sp³-hybridized carbons (Fsp3) is 0.516. The lowest BCUT2D eigenvalue weighted by Gasteiger charge is -2.25. The fourth-order valence-corrected chi connectivity index (χ4v) is 5.18. The zero-order chi connectivity index (χ0) is 31.6. The standard InChI is InChI=1S/C31H41N7O6/c1-5-11-23-28-29(33-20-32-23)38(27-15-8-9-17-44-27)25(35-28)19-37-16-10-12-21(30(37)41)18-24(39)22(34-31(42)43-4)13-6-7-14-26(40)36(2)3/h7,10,12,14,16,20,22,27H,5-6,8-9,11,13,15,17-19H2,1-4H3,(H,34,42)/b14-7+/t22-,27?/m0/s1. The quantitative estimate of drug-likeness (QED) is 0.289. The Morgan fingerprint density at radius 1 is 1.25 bits per heavy atom. The molecule has 2 atom stereocenters. The number of ether oxygens (including phenoxy) is 2. The maximum Gasteiger partial charge on any atom is 0.407 e. The molecule has 0 bridgehead atoms. The van der Waals surface area contributed by atoms with Crippen molar-refractivity contribution in [3.63, 3.8) is 0 Å². The lowest BCUT2D eigenvalue weighted by molar-refractivity contribution is -0.123. The summed E-state index contributed by atoms with van der Waals surface area (Å²) < 4.78 is 14.3. The van der Waals surface area contributed by atoms with E-state index in [9.17, 15) is 19.2 Å². The summed E-state index contributed by atoms with van der Waals surface area (Å²) >= 11 is 0. The molecule has 1 unspecified atom stereocenters. The second kappa shape index (κ2) is 15.4. The summed E-state index contributed by atoms with van der Waals surface area (Å²) in [5, 5.41) is 2.56. The number of aromatic nitrogens is 5. The number of imidazole rings is 1. The molecule has 2 amide bonds. The van der Waals surface area contributed by atoms with Crippen LogP contribution in [-0.2, 0) is 38.4 Å². The van der Waals surface area contributed by atoms with Crippen LogP contribution < -0.4 is 10.9 Å². The van der Waals surface area contributed by atoms with Gasteiger partial charge in [0.05, 0.1) is 25.4 Å². The third-order valence-electron chi connectivity index (χ3n) is 7.52. The molecular weight excluding hydrogens is 566 g/mol. The van der Waals surface area contributed by atoms with Gasteiger partial charge in [0.15, 0.2) is 11.4 Å². The van der Waals surface area contributed by atoms with E-state index in [4.69, 9.17) is 14.5 Å². The first kappa shape index (κ1) is 32.5. The third-order valence-corrected chi connectivity index (χ3v) is 7.52. The Labute approximate surface area is 256 Å². The number of carbonyl (C=O) groups is 3. The number of nitrogens with one attached hydrogen (secondary N) is 1. The molecule has 0 aromatic carbocycles. The highest BCUT2D eigenvalue weighted by Crippen LogP contribution is 2.29. The zero-order valence-electron chi connectivity index (χ0n) is 25.8. The summed E-state index contributed by atoms with van der Waals surface area (Å²) in [5.41, 5.74) is 2.19. The van der Waals surface area contributed by atoms with E-state index in [-0.39, 0.29) is 48.4 Å². The molecule has 0 aliphatic carbocycles. The van der Waals surface area contributed by atoms with E-state index in [2.05, 4.69) is 22.2 Å². The lowest BCUT2D eigenvalue weighted by atomic mass is 10.0. The van der Waals surface area contributed by atoms with Crippen molar-refractivity contribution in [1.29, 1.82) is 0 Å². The molecule has 0 radical (unpaired) electrons. The molecule has 44 heavy (non-hydrogen) atoms. The second-order valence-electron chi connectivity index (χ2n) is 11.0. The van der Waals surface area contributed by atoms with Crippen LogP contribution in [-0.4, -0.2) is 80.6 Å². The number of methoxy groups -OCH3 is 1. The Hall–Kier alpha value is -4.39. The number of rotatable bonds is 13. The van der Waals surface area contributed by atoms with Gasteiger partial charge in [-0.15, -0.1) is 0 Å². The van der Waals surface area contributed by atoms with Gasteiger partial charge in [-0.1, -0.05) is 25.5 Å². The molecule has 13 nitrogen and oxygen atoms in total. The molecule has 1 fully saturated rings. The van der Waals surface area contributed by atoms with Gasteiger partial charge in [0.1, 0.15) is 23.9 Å². The van der Waals surface area contributed by atoms with E-state index in [1.807, 2.05) is 4.57 Å². The van der Waals surface area contributed by atoms with E-state index >= 15 is 0 Å². The number of fused-ring (bicyclic) bond motifs is 1. The Kier molecular flexibility index (Phi) is 11.4. The van der Waals surface area contributed by atoms with E-state index in [1.165, 1.54) is 22.7 Å². The van der Waals surface area contributed by atoms with Gasteiger partial charge in [-0.2, -0.15) is 0 Å². The number of aryl methyl sites for hydroxylation is 1. The molecule has 1 saturated heterocycles. The summed E-state index contributed by atoms with van der Waals surface area (Å²) in [5.74, 6) is 0.0929.